The minimum atomic E-state index is -3.39. The summed E-state index contributed by atoms with van der Waals surface area (Å²) in [5, 5.41) is -0.139. The maximum absolute atomic E-state index is 11.5. The van der Waals surface area contributed by atoms with E-state index in [1.54, 1.807) is 21.1 Å². The van der Waals surface area contributed by atoms with Crippen LogP contribution in [0.1, 0.15) is 5.56 Å². The molecule has 1 heterocycles. The SMILES string of the molecule is COC.COCCS(=O)(=O)c1ncc(C)cn1. The molecule has 0 fully saturated rings. The molecule has 6 nitrogen and oxygen atoms in total. The number of methoxy groups -OCH3 is 2. The normalized spacial score (nSPS) is 10.6. The van der Waals surface area contributed by atoms with Crippen LogP contribution in [0.15, 0.2) is 17.6 Å². The van der Waals surface area contributed by atoms with Crippen LogP contribution >= 0.6 is 0 Å². The van der Waals surface area contributed by atoms with E-state index in [9.17, 15) is 8.42 Å². The second-order valence-electron chi connectivity index (χ2n) is 3.26. The fourth-order valence-corrected chi connectivity index (χ4v) is 1.82. The highest BCUT2D eigenvalue weighted by atomic mass is 32.2. The molecule has 0 spiro atoms. The molecule has 0 unspecified atom stereocenters. The van der Waals surface area contributed by atoms with Gasteiger partial charge in [-0.05, 0) is 12.5 Å². The Balaban J connectivity index is 0.000000770. The number of aromatic nitrogens is 2. The van der Waals surface area contributed by atoms with Crippen LogP contribution in [0.4, 0.5) is 0 Å². The quantitative estimate of drug-likeness (QED) is 0.734. The molecule has 1 aromatic rings. The third-order valence-electron chi connectivity index (χ3n) is 1.59. The van der Waals surface area contributed by atoms with Gasteiger partial charge in [-0.2, -0.15) is 0 Å². The van der Waals surface area contributed by atoms with Crippen LogP contribution in [0, 0.1) is 6.92 Å². The predicted octanol–water partition coefficient (Wildman–Crippen LogP) is 0.468. The number of hydrogen-bond donors (Lipinski definition) is 0. The zero-order valence-electron chi connectivity index (χ0n) is 10.5. The highest BCUT2D eigenvalue weighted by Crippen LogP contribution is 2.04. The van der Waals surface area contributed by atoms with Crippen molar-refractivity contribution in [2.45, 2.75) is 12.1 Å². The van der Waals surface area contributed by atoms with Crippen molar-refractivity contribution >= 4 is 9.84 Å². The number of aryl methyl sites for hydroxylation is 1. The first kappa shape index (κ1) is 16.0. The van der Waals surface area contributed by atoms with Crippen molar-refractivity contribution in [3.05, 3.63) is 18.0 Å². The van der Waals surface area contributed by atoms with Crippen LogP contribution < -0.4 is 0 Å². The van der Waals surface area contributed by atoms with Gasteiger partial charge < -0.3 is 9.47 Å². The summed E-state index contributed by atoms with van der Waals surface area (Å²) in [6.45, 7) is 1.95. The maximum Gasteiger partial charge on any atom is 0.247 e. The summed E-state index contributed by atoms with van der Waals surface area (Å²) in [5.41, 5.74) is 0.829. The first-order valence-electron chi connectivity index (χ1n) is 4.88. The molecule has 98 valence electrons. The van der Waals surface area contributed by atoms with Gasteiger partial charge in [0, 0.05) is 33.7 Å². The van der Waals surface area contributed by atoms with E-state index in [1.807, 2.05) is 0 Å². The van der Waals surface area contributed by atoms with Crippen LogP contribution in [0.5, 0.6) is 0 Å². The topological polar surface area (TPSA) is 78.4 Å². The zero-order chi connectivity index (χ0) is 13.3. The Morgan fingerprint density at radius 2 is 1.65 bits per heavy atom. The van der Waals surface area contributed by atoms with Gasteiger partial charge in [-0.1, -0.05) is 0 Å². The van der Waals surface area contributed by atoms with Crippen molar-refractivity contribution in [3.8, 4) is 0 Å². The maximum atomic E-state index is 11.5. The number of rotatable bonds is 4. The van der Waals surface area contributed by atoms with Crippen LogP contribution in [0.2, 0.25) is 0 Å². The van der Waals surface area contributed by atoms with Gasteiger partial charge in [-0.3, -0.25) is 0 Å². The van der Waals surface area contributed by atoms with E-state index >= 15 is 0 Å². The monoisotopic (exact) mass is 262 g/mol. The Kier molecular flexibility index (Phi) is 7.60. The molecule has 7 heteroatoms. The summed E-state index contributed by atoms with van der Waals surface area (Å²) in [5.74, 6) is -0.0907. The fourth-order valence-electron chi connectivity index (χ4n) is 0.826. The predicted molar refractivity (Wildman–Crippen MR) is 63.6 cm³/mol. The van der Waals surface area contributed by atoms with Crippen molar-refractivity contribution < 1.29 is 17.9 Å². The summed E-state index contributed by atoms with van der Waals surface area (Å²) in [4.78, 5) is 7.50. The Morgan fingerprint density at radius 3 is 2.06 bits per heavy atom. The first-order valence-corrected chi connectivity index (χ1v) is 6.53. The van der Waals surface area contributed by atoms with Crippen LogP contribution in [-0.4, -0.2) is 52.1 Å². The highest BCUT2D eigenvalue weighted by Gasteiger charge is 2.16. The molecule has 0 radical (unpaired) electrons. The molecule has 1 aromatic heterocycles. The lowest BCUT2D eigenvalue weighted by molar-refractivity contribution is 0.217. The van der Waals surface area contributed by atoms with Crippen LogP contribution in [0.25, 0.3) is 0 Å². The van der Waals surface area contributed by atoms with Gasteiger partial charge in [-0.25, -0.2) is 18.4 Å². The van der Waals surface area contributed by atoms with Gasteiger partial charge in [0.15, 0.2) is 0 Å². The van der Waals surface area contributed by atoms with E-state index in [1.165, 1.54) is 19.5 Å². The number of hydrogen-bond acceptors (Lipinski definition) is 6. The average Bonchev–Trinajstić information content (AvgIpc) is 2.28. The van der Waals surface area contributed by atoms with E-state index in [0.717, 1.165) is 5.56 Å². The molecule has 0 aliphatic rings. The van der Waals surface area contributed by atoms with Crippen LogP contribution in [0.3, 0.4) is 0 Å². The van der Waals surface area contributed by atoms with Crippen LogP contribution in [-0.2, 0) is 19.3 Å². The third kappa shape index (κ3) is 6.30. The second-order valence-corrected chi connectivity index (χ2v) is 5.27. The molecule has 1 rings (SSSR count). The molecule has 0 atom stereocenters. The number of sulfone groups is 1. The van der Waals surface area contributed by atoms with Gasteiger partial charge >= 0.3 is 0 Å². The molecule has 0 saturated heterocycles. The van der Waals surface area contributed by atoms with Gasteiger partial charge in [0.05, 0.1) is 12.4 Å². The Bertz CT molecular complexity index is 403. The summed E-state index contributed by atoms with van der Waals surface area (Å²) in [6.07, 6.45) is 2.96. The molecule has 0 aromatic carbocycles. The third-order valence-corrected chi connectivity index (χ3v) is 3.06. The fraction of sp³-hybridized carbons (Fsp3) is 0.600. The number of ether oxygens (including phenoxy) is 2. The van der Waals surface area contributed by atoms with E-state index in [-0.39, 0.29) is 17.5 Å². The van der Waals surface area contributed by atoms with E-state index in [0.29, 0.717) is 0 Å². The zero-order valence-corrected chi connectivity index (χ0v) is 11.3. The van der Waals surface area contributed by atoms with E-state index in [2.05, 4.69) is 19.4 Å². The molecule has 0 aliphatic heterocycles. The molecule has 0 bridgehead atoms. The van der Waals surface area contributed by atoms with Gasteiger partial charge in [0.1, 0.15) is 0 Å². The standard InChI is InChI=1S/C8H12N2O3S.C2H6O/c1-7-5-9-8(10-6-7)14(11,12)4-3-13-2;1-3-2/h5-6H,3-4H2,1-2H3;1-2H3. The van der Waals surface area contributed by atoms with Crippen molar-refractivity contribution in [1.82, 2.24) is 9.97 Å². The lowest BCUT2D eigenvalue weighted by Crippen LogP contribution is -2.14. The molecule has 0 aliphatic carbocycles. The van der Waals surface area contributed by atoms with Crippen molar-refractivity contribution in [2.75, 3.05) is 33.7 Å². The van der Waals surface area contributed by atoms with Crippen molar-refractivity contribution in [1.29, 1.82) is 0 Å². The Hall–Kier alpha value is -1.05. The molecule has 17 heavy (non-hydrogen) atoms. The lowest BCUT2D eigenvalue weighted by Gasteiger charge is -2.01. The minimum absolute atomic E-state index is 0.0907. The molecule has 0 N–H and O–H groups in total. The molecular weight excluding hydrogens is 244 g/mol. The second kappa shape index (κ2) is 8.10. The van der Waals surface area contributed by atoms with Crippen molar-refractivity contribution in [3.63, 3.8) is 0 Å². The molecule has 0 saturated carbocycles. The average molecular weight is 262 g/mol. The summed E-state index contributed by atoms with van der Waals surface area (Å²) >= 11 is 0. The highest BCUT2D eigenvalue weighted by molar-refractivity contribution is 7.91. The summed E-state index contributed by atoms with van der Waals surface area (Å²) in [6, 6.07) is 0. The van der Waals surface area contributed by atoms with Gasteiger partial charge in [0.2, 0.25) is 15.0 Å². The lowest BCUT2D eigenvalue weighted by atomic mass is 10.4. The largest absolute Gasteiger partial charge is 0.388 e. The van der Waals surface area contributed by atoms with Crippen molar-refractivity contribution in [2.24, 2.45) is 0 Å². The van der Waals surface area contributed by atoms with E-state index < -0.39 is 9.84 Å². The molecular formula is C10H18N2O4S. The molecule has 0 amide bonds. The van der Waals surface area contributed by atoms with Gasteiger partial charge in [0.25, 0.3) is 0 Å². The summed E-state index contributed by atoms with van der Waals surface area (Å²) in [7, 11) is 1.31. The Labute approximate surface area is 102 Å². The number of nitrogens with zero attached hydrogens (tertiary/aromatic N) is 2. The van der Waals surface area contributed by atoms with E-state index in [4.69, 9.17) is 0 Å². The first-order chi connectivity index (χ1) is 7.97. The minimum Gasteiger partial charge on any atom is -0.388 e. The summed E-state index contributed by atoms with van der Waals surface area (Å²) < 4.78 is 31.9. The Morgan fingerprint density at radius 1 is 1.18 bits per heavy atom. The smallest absolute Gasteiger partial charge is 0.247 e. The van der Waals surface area contributed by atoms with Gasteiger partial charge in [-0.15, -0.1) is 0 Å².